The molecule has 2 heterocycles. The van der Waals surface area contributed by atoms with Gasteiger partial charge in [0.1, 0.15) is 11.0 Å². The molecule has 0 atom stereocenters. The Morgan fingerprint density at radius 1 is 0.812 bits per heavy atom. The molecule has 8 nitrogen and oxygen atoms in total. The van der Waals surface area contributed by atoms with Crippen molar-refractivity contribution < 1.29 is 9.59 Å². The van der Waals surface area contributed by atoms with E-state index in [-0.39, 0.29) is 11.8 Å². The molecule has 1 aromatic carbocycles. The highest BCUT2D eigenvalue weighted by atomic mass is 79.9. The maximum atomic E-state index is 12.4. The van der Waals surface area contributed by atoms with E-state index in [9.17, 15) is 9.59 Å². The molecule has 0 aliphatic rings. The topological polar surface area (TPSA) is 72.9 Å². The molecule has 3 aromatic rings. The smallest absolute Gasteiger partial charge is 0.240 e. The van der Waals surface area contributed by atoms with Crippen molar-refractivity contribution in [2.75, 3.05) is 36.2 Å². The van der Waals surface area contributed by atoms with E-state index in [0.717, 1.165) is 13.9 Å². The Morgan fingerprint density at radius 3 is 1.44 bits per heavy atom. The zero-order valence-corrected chi connectivity index (χ0v) is 22.9. The normalized spacial score (nSPS) is 11.8. The van der Waals surface area contributed by atoms with Gasteiger partial charge in [-0.2, -0.15) is 0 Å². The number of rotatable bonds is 8. The van der Waals surface area contributed by atoms with Crippen LogP contribution >= 0.6 is 50.2 Å². The summed E-state index contributed by atoms with van der Waals surface area (Å²) in [5.74, 6) is -0.225. The second-order valence-corrected chi connectivity index (χ2v) is 10.0. The Labute approximate surface area is 208 Å². The zero-order valence-electron chi connectivity index (χ0n) is 18.9. The number of hydrazine groups is 2. The Morgan fingerprint density at radius 2 is 1.16 bits per heavy atom. The van der Waals surface area contributed by atoms with E-state index < -0.39 is 0 Å². The molecule has 0 unspecified atom stereocenters. The summed E-state index contributed by atoms with van der Waals surface area (Å²) in [4.78, 5) is 34.2. The van der Waals surface area contributed by atoms with Crippen LogP contribution in [0.3, 0.4) is 0 Å². The maximum absolute atomic E-state index is 12.4. The number of benzene rings is 1. The van der Waals surface area contributed by atoms with Gasteiger partial charge >= 0.3 is 0 Å². The minimum Gasteiger partial charge on any atom is -0.273 e. The van der Waals surface area contributed by atoms with E-state index in [1.165, 1.54) is 36.5 Å². The number of hydrogen-bond donors (Lipinski definition) is 0. The summed E-state index contributed by atoms with van der Waals surface area (Å²) in [6.07, 6.45) is 0. The lowest BCUT2D eigenvalue weighted by atomic mass is 10.3. The molecule has 0 N–H and O–H groups in total. The van der Waals surface area contributed by atoms with E-state index in [1.54, 1.807) is 10.0 Å². The van der Waals surface area contributed by atoms with Gasteiger partial charge in [0.05, 0.1) is 18.9 Å². The molecule has 0 saturated heterocycles. The highest BCUT2D eigenvalue weighted by molar-refractivity contribution is 9.11. The molecular formula is C20H26BrClN6O2S2. The minimum atomic E-state index is -0.112. The van der Waals surface area contributed by atoms with Gasteiger partial charge in [-0.25, -0.2) is 30.0 Å². The van der Waals surface area contributed by atoms with Crippen LogP contribution < -0.4 is 10.0 Å². The van der Waals surface area contributed by atoms with Gasteiger partial charge in [-0.3, -0.25) is 9.59 Å². The first-order valence-electron chi connectivity index (χ1n) is 10.4. The first-order valence-corrected chi connectivity index (χ1v) is 13.2. The Bertz CT molecular complexity index is 1020. The fourth-order valence-electron chi connectivity index (χ4n) is 3.53. The summed E-state index contributed by atoms with van der Waals surface area (Å²) in [5, 5.41) is 8.57. The Hall–Kier alpha value is -1.37. The SMILES string of the molecule is CCN(CC)N(C(C)=O)c1nc2c(Cl)c3nc(N(C(C)=O)N(CC)CC)sc3c(Br)c2s1. The summed E-state index contributed by atoms with van der Waals surface area (Å²) >= 11 is 13.3. The molecule has 12 heteroatoms. The summed E-state index contributed by atoms with van der Waals surface area (Å²) in [7, 11) is 0. The van der Waals surface area contributed by atoms with Gasteiger partial charge in [0.2, 0.25) is 22.1 Å². The standard InChI is InChI=1S/C20H26BrClN6O2S2/c1-7-25(8-2)27(11(5)29)19-23-15-14(22)16-18(13(21)17(15)31-19)32-20(24-16)28(12(6)30)26(9-3)10-4/h7-10H2,1-6H3. The van der Waals surface area contributed by atoms with E-state index in [4.69, 9.17) is 21.6 Å². The van der Waals surface area contributed by atoms with Crippen LogP contribution in [0, 0.1) is 0 Å². The van der Waals surface area contributed by atoms with Gasteiger partial charge in [0.25, 0.3) is 0 Å². The molecule has 0 aliphatic carbocycles. The van der Waals surface area contributed by atoms with Crippen LogP contribution in [0.1, 0.15) is 41.5 Å². The van der Waals surface area contributed by atoms with Crippen LogP contribution in [-0.4, -0.2) is 58.0 Å². The van der Waals surface area contributed by atoms with Crippen molar-refractivity contribution in [1.29, 1.82) is 0 Å². The van der Waals surface area contributed by atoms with Crippen molar-refractivity contribution in [3.05, 3.63) is 9.50 Å². The van der Waals surface area contributed by atoms with Crippen LogP contribution in [0.2, 0.25) is 5.02 Å². The van der Waals surface area contributed by atoms with E-state index >= 15 is 0 Å². The van der Waals surface area contributed by atoms with Crippen LogP contribution in [0.25, 0.3) is 20.4 Å². The molecule has 0 radical (unpaired) electrons. The van der Waals surface area contributed by atoms with Crippen molar-refractivity contribution in [3.8, 4) is 0 Å². The molecule has 0 fully saturated rings. The summed E-state index contributed by atoms with van der Waals surface area (Å²) in [5.41, 5.74) is 1.16. The summed E-state index contributed by atoms with van der Waals surface area (Å²) in [6, 6.07) is 0. The largest absolute Gasteiger partial charge is 0.273 e. The predicted molar refractivity (Wildman–Crippen MR) is 138 cm³/mol. The van der Waals surface area contributed by atoms with Crippen molar-refractivity contribution in [3.63, 3.8) is 0 Å². The lowest BCUT2D eigenvalue weighted by molar-refractivity contribution is -0.120. The van der Waals surface area contributed by atoms with E-state index in [0.29, 0.717) is 52.5 Å². The van der Waals surface area contributed by atoms with Gasteiger partial charge in [-0.15, -0.1) is 0 Å². The summed E-state index contributed by atoms with van der Waals surface area (Å²) in [6.45, 7) is 13.7. The monoisotopic (exact) mass is 560 g/mol. The first-order chi connectivity index (χ1) is 15.2. The number of fused-ring (bicyclic) bond motifs is 2. The third-order valence-electron chi connectivity index (χ3n) is 5.03. The molecule has 0 aliphatic heterocycles. The lowest BCUT2D eigenvalue weighted by Gasteiger charge is -2.30. The van der Waals surface area contributed by atoms with Crippen LogP contribution in [0.4, 0.5) is 10.3 Å². The highest BCUT2D eigenvalue weighted by Crippen LogP contribution is 2.47. The number of halogens is 2. The van der Waals surface area contributed by atoms with Crippen molar-refractivity contribution in [2.24, 2.45) is 0 Å². The molecule has 0 bridgehead atoms. The molecule has 32 heavy (non-hydrogen) atoms. The minimum absolute atomic E-state index is 0.112. The molecule has 2 aromatic heterocycles. The van der Waals surface area contributed by atoms with Gasteiger partial charge in [0, 0.05) is 40.0 Å². The molecular weight excluding hydrogens is 536 g/mol. The molecule has 3 rings (SSSR count). The van der Waals surface area contributed by atoms with Gasteiger partial charge in [-0.1, -0.05) is 62.0 Å². The van der Waals surface area contributed by atoms with Crippen molar-refractivity contribution >= 4 is 92.7 Å². The van der Waals surface area contributed by atoms with Gasteiger partial charge in [0.15, 0.2) is 0 Å². The fraction of sp³-hybridized carbons (Fsp3) is 0.500. The van der Waals surface area contributed by atoms with E-state index in [1.807, 2.05) is 37.7 Å². The number of carbonyl (C=O) groups is 2. The fourth-order valence-corrected chi connectivity index (χ4v) is 7.02. The number of anilines is 2. The number of nitrogens with zero attached hydrogens (tertiary/aromatic N) is 6. The number of carbonyl (C=O) groups excluding carboxylic acids is 2. The lowest BCUT2D eigenvalue weighted by Crippen LogP contribution is -2.45. The molecule has 2 amide bonds. The van der Waals surface area contributed by atoms with E-state index in [2.05, 4.69) is 15.9 Å². The van der Waals surface area contributed by atoms with Gasteiger partial charge < -0.3 is 0 Å². The average molecular weight is 562 g/mol. The third-order valence-corrected chi connectivity index (χ3v) is 8.80. The second kappa shape index (κ2) is 10.3. The number of thiazole rings is 2. The maximum Gasteiger partial charge on any atom is 0.240 e. The Kier molecular flexibility index (Phi) is 8.11. The quantitative estimate of drug-likeness (QED) is 0.336. The second-order valence-electron chi connectivity index (χ2n) is 6.92. The molecule has 174 valence electrons. The zero-order chi connectivity index (χ0) is 23.7. The van der Waals surface area contributed by atoms with Gasteiger partial charge in [-0.05, 0) is 15.9 Å². The number of aromatic nitrogens is 2. The Balaban J connectivity index is 2.21. The summed E-state index contributed by atoms with van der Waals surface area (Å²) < 4.78 is 2.48. The first kappa shape index (κ1) is 25.3. The van der Waals surface area contributed by atoms with Crippen LogP contribution in [-0.2, 0) is 9.59 Å². The molecule has 0 spiro atoms. The highest BCUT2D eigenvalue weighted by Gasteiger charge is 2.28. The average Bonchev–Trinajstić information content (AvgIpc) is 3.38. The van der Waals surface area contributed by atoms with Crippen LogP contribution in [0.15, 0.2) is 4.47 Å². The molecule has 0 saturated carbocycles. The number of hydrogen-bond acceptors (Lipinski definition) is 8. The third kappa shape index (κ3) is 4.38. The van der Waals surface area contributed by atoms with Crippen molar-refractivity contribution in [2.45, 2.75) is 41.5 Å². The van der Waals surface area contributed by atoms with Crippen molar-refractivity contribution in [1.82, 2.24) is 20.0 Å². The number of amides is 2. The van der Waals surface area contributed by atoms with Crippen LogP contribution in [0.5, 0.6) is 0 Å². The predicted octanol–water partition coefficient (Wildman–Crippen LogP) is 5.54.